The van der Waals surface area contributed by atoms with Crippen molar-refractivity contribution in [1.29, 1.82) is 0 Å². The summed E-state index contributed by atoms with van der Waals surface area (Å²) >= 11 is 0. The second-order valence-corrected chi connectivity index (χ2v) is 8.03. The van der Waals surface area contributed by atoms with E-state index in [-0.39, 0.29) is 10.5 Å². The summed E-state index contributed by atoms with van der Waals surface area (Å²) < 4.78 is 28.5. The Morgan fingerprint density at radius 3 is 2.41 bits per heavy atom. The van der Waals surface area contributed by atoms with Gasteiger partial charge in [-0.2, -0.15) is 24.5 Å². The summed E-state index contributed by atoms with van der Waals surface area (Å²) in [5.41, 5.74) is 3.80. The Bertz CT molecular complexity index is 1470. The van der Waals surface area contributed by atoms with E-state index in [9.17, 15) is 13.2 Å². The molecule has 0 aliphatic heterocycles. The zero-order chi connectivity index (χ0) is 20.3. The molecule has 9 nitrogen and oxygen atoms in total. The molecule has 29 heavy (non-hydrogen) atoms. The number of fused-ring (bicyclic) bond motifs is 4. The first-order chi connectivity index (χ1) is 13.9. The molecule has 144 valence electrons. The fraction of sp³-hybridized carbons (Fsp3) is 0. The van der Waals surface area contributed by atoms with Gasteiger partial charge in [-0.1, -0.05) is 18.2 Å². The Balaban J connectivity index is 1.82. The van der Waals surface area contributed by atoms with E-state index in [2.05, 4.69) is 19.1 Å². The number of carbonyl (C=O) groups is 1. The van der Waals surface area contributed by atoms with Crippen LogP contribution in [0.25, 0.3) is 44.3 Å². The van der Waals surface area contributed by atoms with Gasteiger partial charge in [0, 0.05) is 16.5 Å². The molecule has 0 atom stereocenters. The Morgan fingerprint density at radius 1 is 0.897 bits per heavy atom. The predicted octanol–water partition coefficient (Wildman–Crippen LogP) is 2.04. The molecule has 3 aromatic carbocycles. The summed E-state index contributed by atoms with van der Waals surface area (Å²) in [4.78, 5) is 25.2. The highest BCUT2D eigenvalue weighted by Gasteiger charge is 2.28. The monoisotopic (exact) mass is 408 g/mol. The summed E-state index contributed by atoms with van der Waals surface area (Å²) in [6.07, 6.45) is 0. The minimum atomic E-state index is -4.10. The van der Waals surface area contributed by atoms with Crippen molar-refractivity contribution in [3.05, 3.63) is 54.1 Å². The third kappa shape index (κ3) is 2.51. The van der Waals surface area contributed by atoms with E-state index in [1.165, 1.54) is 18.2 Å². The lowest BCUT2D eigenvalue weighted by atomic mass is 10.0. The number of rotatable bonds is 3. The van der Waals surface area contributed by atoms with Crippen LogP contribution in [0.15, 0.2) is 53.4 Å². The maximum absolute atomic E-state index is 12.1. The molecule has 0 saturated heterocycles. The lowest BCUT2D eigenvalue weighted by Crippen LogP contribution is -2.11. The van der Waals surface area contributed by atoms with Crippen molar-refractivity contribution >= 4 is 37.9 Å². The number of nitrogens with two attached hydrogens (primary N) is 2. The van der Waals surface area contributed by atoms with Crippen LogP contribution in [0.4, 0.5) is 0 Å². The number of benzene rings is 3. The largest absolute Gasteiger partial charge is 0.370 e. The first-order valence-electron chi connectivity index (χ1n) is 8.36. The summed E-state index contributed by atoms with van der Waals surface area (Å²) in [5, 5.41) is 1.52. The number of aromatic nitrogens is 2. The Kier molecular flexibility index (Phi) is 3.67. The smallest absolute Gasteiger partial charge is 0.356 e. The van der Waals surface area contributed by atoms with E-state index in [1.807, 2.05) is 6.07 Å². The third-order valence-corrected chi connectivity index (χ3v) is 5.95. The van der Waals surface area contributed by atoms with Crippen molar-refractivity contribution in [2.75, 3.05) is 0 Å². The highest BCUT2D eigenvalue weighted by Crippen LogP contribution is 2.46. The van der Waals surface area contributed by atoms with E-state index >= 15 is 0 Å². The highest BCUT2D eigenvalue weighted by atomic mass is 32.2. The highest BCUT2D eigenvalue weighted by molar-refractivity contribution is 7.86. The molecule has 10 heteroatoms. The SMILES string of the molecule is NOC(=O)c1ccc2nc3c(nc2c1)-c1cccc2cc(S(=O)(=O)ON)cc-3c12. The van der Waals surface area contributed by atoms with Gasteiger partial charge >= 0.3 is 16.1 Å². The van der Waals surface area contributed by atoms with Crippen LogP contribution in [-0.4, -0.2) is 24.4 Å². The van der Waals surface area contributed by atoms with Crippen molar-refractivity contribution < 1.29 is 22.3 Å². The third-order valence-electron chi connectivity index (χ3n) is 4.88. The molecule has 0 unspecified atom stereocenters. The van der Waals surface area contributed by atoms with Gasteiger partial charge in [-0.25, -0.2) is 14.8 Å². The molecular weight excluding hydrogens is 396 g/mol. The summed E-state index contributed by atoms with van der Waals surface area (Å²) in [6, 6.07) is 13.1. The topological polar surface area (TPSA) is 147 Å². The molecule has 0 spiro atoms. The van der Waals surface area contributed by atoms with Gasteiger partial charge in [-0.05, 0) is 35.7 Å². The van der Waals surface area contributed by atoms with Crippen LogP contribution in [0.1, 0.15) is 10.4 Å². The molecule has 1 heterocycles. The zero-order valence-electron chi connectivity index (χ0n) is 14.6. The van der Waals surface area contributed by atoms with Crippen molar-refractivity contribution in [2.24, 2.45) is 11.8 Å². The molecule has 1 aliphatic rings. The second-order valence-electron chi connectivity index (χ2n) is 6.45. The first kappa shape index (κ1) is 17.6. The van der Waals surface area contributed by atoms with Crippen LogP contribution in [0, 0.1) is 0 Å². The Hall–Kier alpha value is -3.44. The van der Waals surface area contributed by atoms with Gasteiger partial charge < -0.3 is 4.84 Å². The average Bonchev–Trinajstić information content (AvgIpc) is 3.05. The van der Waals surface area contributed by atoms with Crippen molar-refractivity contribution in [2.45, 2.75) is 4.90 Å². The van der Waals surface area contributed by atoms with Crippen LogP contribution >= 0.6 is 0 Å². The van der Waals surface area contributed by atoms with E-state index in [0.717, 1.165) is 10.9 Å². The van der Waals surface area contributed by atoms with Gasteiger partial charge in [0.25, 0.3) is 0 Å². The number of hydrogen-bond donors (Lipinski definition) is 2. The van der Waals surface area contributed by atoms with Crippen molar-refractivity contribution in [3.63, 3.8) is 0 Å². The Labute approximate surface area is 163 Å². The van der Waals surface area contributed by atoms with Crippen molar-refractivity contribution in [1.82, 2.24) is 9.97 Å². The number of hydrogen-bond acceptors (Lipinski definition) is 9. The molecule has 0 bridgehead atoms. The van der Waals surface area contributed by atoms with Gasteiger partial charge in [-0.15, -0.1) is 0 Å². The van der Waals surface area contributed by atoms with Crippen LogP contribution in [0.2, 0.25) is 0 Å². The van der Waals surface area contributed by atoms with E-state index in [4.69, 9.17) is 11.8 Å². The fourth-order valence-corrected chi connectivity index (χ4v) is 4.25. The Morgan fingerprint density at radius 2 is 1.66 bits per heavy atom. The van der Waals surface area contributed by atoms with E-state index in [1.54, 1.807) is 24.3 Å². The molecule has 0 fully saturated rings. The standard InChI is InChI=1S/C19H12N4O5S/c20-27-19(24)10-4-5-14-15(7-10)23-17-12-3-1-2-9-6-11(29(25,26)28-21)8-13(16(9)12)18(17)22-14/h1-8H,20-21H2. The molecule has 4 N–H and O–H groups in total. The predicted molar refractivity (Wildman–Crippen MR) is 104 cm³/mol. The van der Waals surface area contributed by atoms with E-state index in [0.29, 0.717) is 33.4 Å². The van der Waals surface area contributed by atoms with E-state index < -0.39 is 16.1 Å². The summed E-state index contributed by atoms with van der Waals surface area (Å²) in [5.74, 6) is 9.21. The fourth-order valence-electron chi connectivity index (χ4n) is 3.61. The quantitative estimate of drug-likeness (QED) is 0.428. The van der Waals surface area contributed by atoms with Gasteiger partial charge in [-0.3, -0.25) is 0 Å². The number of carbonyl (C=O) groups excluding carboxylic acids is 1. The second kappa shape index (κ2) is 6.03. The van der Waals surface area contributed by atoms with Crippen LogP contribution in [-0.2, 0) is 19.2 Å². The van der Waals surface area contributed by atoms with Crippen LogP contribution in [0.3, 0.4) is 0 Å². The molecule has 1 aromatic heterocycles. The first-order valence-corrected chi connectivity index (χ1v) is 9.77. The summed E-state index contributed by atoms with van der Waals surface area (Å²) in [7, 11) is -4.10. The number of nitrogens with zero attached hydrogens (tertiary/aromatic N) is 2. The minimum absolute atomic E-state index is 0.0737. The van der Waals surface area contributed by atoms with Gasteiger partial charge in [0.15, 0.2) is 0 Å². The average molecular weight is 408 g/mol. The molecule has 0 saturated carbocycles. The van der Waals surface area contributed by atoms with Crippen molar-refractivity contribution in [3.8, 4) is 22.5 Å². The molecule has 4 aromatic rings. The lowest BCUT2D eigenvalue weighted by Gasteiger charge is -2.06. The minimum Gasteiger partial charge on any atom is -0.370 e. The molecule has 0 radical (unpaired) electrons. The maximum atomic E-state index is 12.1. The normalized spacial score (nSPS) is 12.3. The molecule has 0 amide bonds. The van der Waals surface area contributed by atoms with Gasteiger partial charge in [0.2, 0.25) is 0 Å². The van der Waals surface area contributed by atoms with Crippen LogP contribution in [0.5, 0.6) is 0 Å². The molecular formula is C19H12N4O5S. The summed E-state index contributed by atoms with van der Waals surface area (Å²) in [6.45, 7) is 0. The lowest BCUT2D eigenvalue weighted by molar-refractivity contribution is 0.0503. The molecule has 1 aliphatic carbocycles. The maximum Gasteiger partial charge on any atom is 0.356 e. The van der Waals surface area contributed by atoms with Crippen LogP contribution < -0.4 is 11.8 Å². The van der Waals surface area contributed by atoms with Gasteiger partial charge in [0.1, 0.15) is 0 Å². The molecule has 5 rings (SSSR count). The zero-order valence-corrected chi connectivity index (χ0v) is 15.4. The van der Waals surface area contributed by atoms with Gasteiger partial charge in [0.05, 0.1) is 32.9 Å².